The van der Waals surface area contributed by atoms with Gasteiger partial charge in [-0.1, -0.05) is 68.3 Å². The molecule has 174 valence electrons. The van der Waals surface area contributed by atoms with E-state index in [1.165, 1.54) is 5.57 Å². The maximum absolute atomic E-state index is 13.2. The fourth-order valence-corrected chi connectivity index (χ4v) is 5.02. The standard InChI is InChI=1S/C29H34O4/c1-4-5-7-12-22-18-25-27(24-17-19(2)13-14-23(24)20(3)33-25)28(30)26(22)29(31)32-16-15-21-10-8-6-9-11-21/h6,8-11,17-18,23-24,30H,3-5,7,12-16H2,1-2H3/t23?,24-/m1/s1. The van der Waals surface area contributed by atoms with Crippen LogP contribution in [-0.2, 0) is 17.6 Å². The van der Waals surface area contributed by atoms with Crippen LogP contribution in [0.3, 0.4) is 0 Å². The van der Waals surface area contributed by atoms with E-state index in [0.717, 1.165) is 49.0 Å². The third-order valence-corrected chi connectivity index (χ3v) is 6.84. The van der Waals surface area contributed by atoms with E-state index in [1.54, 1.807) is 0 Å². The van der Waals surface area contributed by atoms with Gasteiger partial charge in [-0.15, -0.1) is 0 Å². The molecule has 1 aliphatic carbocycles. The van der Waals surface area contributed by atoms with E-state index < -0.39 is 5.97 Å². The SMILES string of the molecule is C=C1Oc2cc(CCCCC)c(C(=O)OCCc3ccccc3)c(O)c2[C@@H]2C=C(C)CCC12. The summed E-state index contributed by atoms with van der Waals surface area (Å²) in [4.78, 5) is 13.2. The number of carbonyl (C=O) groups excluding carboxylic acids is 1. The summed E-state index contributed by atoms with van der Waals surface area (Å²) < 4.78 is 11.8. The third kappa shape index (κ3) is 5.00. The maximum atomic E-state index is 13.2. The van der Waals surface area contributed by atoms with Crippen molar-refractivity contribution in [3.63, 3.8) is 0 Å². The molecule has 4 nitrogen and oxygen atoms in total. The number of aromatic hydroxyl groups is 1. The van der Waals surface area contributed by atoms with Gasteiger partial charge in [0.05, 0.1) is 6.61 Å². The Morgan fingerprint density at radius 3 is 2.76 bits per heavy atom. The number of allylic oxidation sites excluding steroid dienone is 3. The van der Waals surface area contributed by atoms with Crippen molar-refractivity contribution in [2.45, 2.75) is 64.7 Å². The molecule has 1 N–H and O–H groups in total. The number of phenols is 1. The molecular weight excluding hydrogens is 412 g/mol. The van der Waals surface area contributed by atoms with Crippen LogP contribution in [0.1, 0.15) is 78.9 Å². The molecule has 0 saturated carbocycles. The zero-order valence-corrected chi connectivity index (χ0v) is 19.7. The van der Waals surface area contributed by atoms with Gasteiger partial charge in [-0.2, -0.15) is 0 Å². The minimum absolute atomic E-state index is 0.0113. The minimum atomic E-state index is -0.463. The lowest BCUT2D eigenvalue weighted by Gasteiger charge is -2.37. The van der Waals surface area contributed by atoms with Gasteiger partial charge in [0.25, 0.3) is 0 Å². The van der Waals surface area contributed by atoms with Gasteiger partial charge in [0.2, 0.25) is 0 Å². The summed E-state index contributed by atoms with van der Waals surface area (Å²) in [5, 5.41) is 11.4. The average Bonchev–Trinajstić information content (AvgIpc) is 2.79. The van der Waals surface area contributed by atoms with Gasteiger partial charge >= 0.3 is 5.97 Å². The number of aryl methyl sites for hydroxylation is 1. The Kier molecular flexibility index (Phi) is 7.22. The fraction of sp³-hybridized carbons (Fsp3) is 0.414. The Bertz CT molecular complexity index is 1050. The number of esters is 1. The number of hydrogen-bond donors (Lipinski definition) is 1. The Balaban J connectivity index is 1.66. The lowest BCUT2D eigenvalue weighted by atomic mass is 9.73. The lowest BCUT2D eigenvalue weighted by Crippen LogP contribution is -2.26. The Hall–Kier alpha value is -3.01. The highest BCUT2D eigenvalue weighted by atomic mass is 16.5. The van der Waals surface area contributed by atoms with E-state index in [0.29, 0.717) is 29.7 Å². The van der Waals surface area contributed by atoms with Crippen molar-refractivity contribution in [3.8, 4) is 11.5 Å². The second kappa shape index (κ2) is 10.3. The van der Waals surface area contributed by atoms with Crippen molar-refractivity contribution in [3.05, 3.63) is 82.6 Å². The average molecular weight is 447 g/mol. The molecule has 0 bridgehead atoms. The van der Waals surface area contributed by atoms with Gasteiger partial charge in [0.1, 0.15) is 22.8 Å². The lowest BCUT2D eigenvalue weighted by molar-refractivity contribution is 0.0504. The molecule has 0 fully saturated rings. The molecule has 2 aromatic rings. The van der Waals surface area contributed by atoms with Crippen LogP contribution in [0, 0.1) is 5.92 Å². The topological polar surface area (TPSA) is 55.8 Å². The van der Waals surface area contributed by atoms with E-state index in [-0.39, 0.29) is 24.2 Å². The zero-order valence-electron chi connectivity index (χ0n) is 19.7. The Labute approximate surface area is 196 Å². The third-order valence-electron chi connectivity index (χ3n) is 6.84. The van der Waals surface area contributed by atoms with Gasteiger partial charge in [0.15, 0.2) is 0 Å². The van der Waals surface area contributed by atoms with E-state index >= 15 is 0 Å². The van der Waals surface area contributed by atoms with E-state index in [1.807, 2.05) is 36.4 Å². The monoisotopic (exact) mass is 446 g/mol. The summed E-state index contributed by atoms with van der Waals surface area (Å²) in [7, 11) is 0. The zero-order chi connectivity index (χ0) is 23.4. The number of rotatable bonds is 8. The van der Waals surface area contributed by atoms with Crippen molar-refractivity contribution in [1.82, 2.24) is 0 Å². The summed E-state index contributed by atoms with van der Waals surface area (Å²) >= 11 is 0. The highest BCUT2D eigenvalue weighted by Crippen LogP contribution is 2.52. The second-order valence-corrected chi connectivity index (χ2v) is 9.25. The molecule has 2 atom stereocenters. The van der Waals surface area contributed by atoms with Gasteiger partial charge in [-0.3, -0.25) is 0 Å². The first-order valence-electron chi connectivity index (χ1n) is 12.1. The van der Waals surface area contributed by atoms with Crippen LogP contribution in [-0.4, -0.2) is 17.7 Å². The summed E-state index contributed by atoms with van der Waals surface area (Å²) in [5.74, 6) is 0.994. The number of ether oxygens (including phenoxy) is 2. The van der Waals surface area contributed by atoms with Crippen LogP contribution in [0.15, 0.2) is 60.4 Å². The predicted molar refractivity (Wildman–Crippen MR) is 131 cm³/mol. The van der Waals surface area contributed by atoms with Gasteiger partial charge in [-0.25, -0.2) is 4.79 Å². The number of unbranched alkanes of at least 4 members (excludes halogenated alkanes) is 2. The largest absolute Gasteiger partial charge is 0.507 e. The van der Waals surface area contributed by atoms with Crippen LogP contribution in [0.4, 0.5) is 0 Å². The highest BCUT2D eigenvalue weighted by molar-refractivity contribution is 5.95. The van der Waals surface area contributed by atoms with Crippen molar-refractivity contribution in [1.29, 1.82) is 0 Å². The molecule has 1 aliphatic heterocycles. The number of fused-ring (bicyclic) bond motifs is 3. The number of phenolic OH excluding ortho intramolecular Hbond substituents is 1. The molecule has 0 spiro atoms. The normalized spacial score (nSPS) is 19.2. The van der Waals surface area contributed by atoms with Crippen molar-refractivity contribution >= 4 is 5.97 Å². The fourth-order valence-electron chi connectivity index (χ4n) is 5.02. The molecule has 2 aromatic carbocycles. The first-order chi connectivity index (χ1) is 16.0. The van der Waals surface area contributed by atoms with E-state index in [9.17, 15) is 9.90 Å². The van der Waals surface area contributed by atoms with Crippen LogP contribution < -0.4 is 4.74 Å². The van der Waals surface area contributed by atoms with Crippen LogP contribution in [0.25, 0.3) is 0 Å². The molecule has 4 rings (SSSR count). The van der Waals surface area contributed by atoms with Crippen LogP contribution >= 0.6 is 0 Å². The quantitative estimate of drug-likeness (QED) is 0.273. The minimum Gasteiger partial charge on any atom is -0.507 e. The van der Waals surface area contributed by atoms with Crippen molar-refractivity contribution < 1.29 is 19.4 Å². The summed E-state index contributed by atoms with van der Waals surface area (Å²) in [6.45, 7) is 8.69. The molecule has 4 heteroatoms. The molecule has 33 heavy (non-hydrogen) atoms. The van der Waals surface area contributed by atoms with Crippen LogP contribution in [0.5, 0.6) is 11.5 Å². The number of hydrogen-bond acceptors (Lipinski definition) is 4. The van der Waals surface area contributed by atoms with E-state index in [4.69, 9.17) is 9.47 Å². The molecule has 0 saturated heterocycles. The van der Waals surface area contributed by atoms with Crippen LogP contribution in [0.2, 0.25) is 0 Å². The number of carbonyl (C=O) groups is 1. The molecule has 0 aromatic heterocycles. The van der Waals surface area contributed by atoms with Gasteiger partial charge < -0.3 is 14.6 Å². The molecule has 0 amide bonds. The Morgan fingerprint density at radius 2 is 2.00 bits per heavy atom. The highest BCUT2D eigenvalue weighted by Gasteiger charge is 2.39. The first kappa shape index (κ1) is 23.2. The molecule has 1 heterocycles. The Morgan fingerprint density at radius 1 is 1.21 bits per heavy atom. The van der Waals surface area contributed by atoms with Crippen molar-refractivity contribution in [2.75, 3.05) is 6.61 Å². The molecule has 1 unspecified atom stereocenters. The summed E-state index contributed by atoms with van der Waals surface area (Å²) in [6, 6.07) is 11.9. The maximum Gasteiger partial charge on any atom is 0.342 e. The summed E-state index contributed by atoms with van der Waals surface area (Å²) in [6.07, 6.45) is 8.51. The smallest absolute Gasteiger partial charge is 0.342 e. The van der Waals surface area contributed by atoms with Crippen molar-refractivity contribution in [2.24, 2.45) is 5.92 Å². The molecular formula is C29H34O4. The van der Waals surface area contributed by atoms with Gasteiger partial charge in [-0.05, 0) is 49.8 Å². The first-order valence-corrected chi connectivity index (χ1v) is 12.1. The van der Waals surface area contributed by atoms with E-state index in [2.05, 4.69) is 26.5 Å². The second-order valence-electron chi connectivity index (χ2n) is 9.25. The molecule has 2 aliphatic rings. The summed E-state index contributed by atoms with van der Waals surface area (Å²) in [5.41, 5.74) is 4.17. The predicted octanol–water partition coefficient (Wildman–Crippen LogP) is 6.87. The molecule has 0 radical (unpaired) electrons. The number of benzene rings is 2. The van der Waals surface area contributed by atoms with Gasteiger partial charge in [0, 0.05) is 23.8 Å².